The van der Waals surface area contributed by atoms with E-state index < -0.39 is 35.6 Å². The second kappa shape index (κ2) is 9.36. The van der Waals surface area contributed by atoms with E-state index in [4.69, 9.17) is 0 Å². The molecule has 0 aliphatic rings. The Balaban J connectivity index is 2.21. The van der Waals surface area contributed by atoms with Crippen molar-refractivity contribution < 1.29 is 33.0 Å². The fourth-order valence-corrected chi connectivity index (χ4v) is 3.60. The molecule has 0 bridgehead atoms. The molecule has 0 aliphatic carbocycles. The highest BCUT2D eigenvalue weighted by atomic mass is 32.1. The molecule has 0 aliphatic heterocycles. The zero-order chi connectivity index (χ0) is 21.8. The normalized spacial score (nSPS) is 14.0. The molecule has 29 heavy (non-hydrogen) atoms. The molecule has 0 saturated heterocycles. The van der Waals surface area contributed by atoms with E-state index in [2.05, 4.69) is 10.3 Å². The molecule has 3 N–H and O–H groups in total. The Morgan fingerprint density at radius 2 is 1.90 bits per heavy atom. The van der Waals surface area contributed by atoms with Crippen LogP contribution in [-0.4, -0.2) is 39.7 Å². The maximum Gasteiger partial charge on any atom is 0.416 e. The lowest BCUT2D eigenvalue weighted by atomic mass is 10.0. The number of aromatic nitrogens is 1. The molecule has 0 saturated carbocycles. The average molecular weight is 430 g/mol. The highest BCUT2D eigenvalue weighted by molar-refractivity contribution is 7.13. The number of nitrogens with one attached hydrogen (secondary N) is 1. The van der Waals surface area contributed by atoms with Gasteiger partial charge in [0, 0.05) is 17.5 Å². The number of carbonyl (C=O) groups is 2. The van der Waals surface area contributed by atoms with Crippen LogP contribution in [0, 0.1) is 5.92 Å². The van der Waals surface area contributed by atoms with E-state index >= 15 is 0 Å². The Morgan fingerprint density at radius 1 is 1.21 bits per heavy atom. The molecule has 158 valence electrons. The Kier molecular flexibility index (Phi) is 7.37. The first-order chi connectivity index (χ1) is 13.5. The number of hydrogen-bond acceptors (Lipinski definition) is 5. The SMILES string of the molecule is CC(C)CC(NCC(C(=O)O)c1csc(-c2cccc(C(F)(F)F)c2)n1)C(=O)O. The minimum absolute atomic E-state index is 0.0960. The summed E-state index contributed by atoms with van der Waals surface area (Å²) in [6, 6.07) is 3.73. The molecule has 0 fully saturated rings. The first-order valence-corrected chi connectivity index (χ1v) is 9.69. The van der Waals surface area contributed by atoms with Gasteiger partial charge in [-0.1, -0.05) is 26.0 Å². The van der Waals surface area contributed by atoms with Crippen molar-refractivity contribution in [3.63, 3.8) is 0 Å². The van der Waals surface area contributed by atoms with Crippen molar-refractivity contribution in [1.29, 1.82) is 0 Å². The predicted molar refractivity (Wildman–Crippen MR) is 102 cm³/mol. The van der Waals surface area contributed by atoms with Crippen molar-refractivity contribution in [1.82, 2.24) is 10.3 Å². The summed E-state index contributed by atoms with van der Waals surface area (Å²) in [5.41, 5.74) is -0.423. The topological polar surface area (TPSA) is 99.5 Å². The van der Waals surface area contributed by atoms with Crippen molar-refractivity contribution in [3.05, 3.63) is 40.9 Å². The maximum absolute atomic E-state index is 12.9. The van der Waals surface area contributed by atoms with Gasteiger partial charge in [0.05, 0.1) is 11.3 Å². The van der Waals surface area contributed by atoms with Crippen molar-refractivity contribution in [2.75, 3.05) is 6.54 Å². The summed E-state index contributed by atoms with van der Waals surface area (Å²) in [7, 11) is 0. The zero-order valence-electron chi connectivity index (χ0n) is 15.7. The number of hydrogen-bond donors (Lipinski definition) is 3. The lowest BCUT2D eigenvalue weighted by Gasteiger charge is -2.18. The Bertz CT molecular complexity index is 867. The third-order valence-corrected chi connectivity index (χ3v) is 5.10. The van der Waals surface area contributed by atoms with Crippen LogP contribution in [0.25, 0.3) is 10.6 Å². The van der Waals surface area contributed by atoms with Crippen LogP contribution in [0.4, 0.5) is 13.2 Å². The van der Waals surface area contributed by atoms with Gasteiger partial charge in [-0.3, -0.25) is 9.59 Å². The molecule has 0 radical (unpaired) electrons. The predicted octanol–water partition coefficient (Wildman–Crippen LogP) is 4.09. The van der Waals surface area contributed by atoms with Gasteiger partial charge in [0.25, 0.3) is 0 Å². The third-order valence-electron chi connectivity index (χ3n) is 4.19. The van der Waals surface area contributed by atoms with E-state index in [9.17, 15) is 33.0 Å². The van der Waals surface area contributed by atoms with Crippen LogP contribution in [0.15, 0.2) is 29.6 Å². The van der Waals surface area contributed by atoms with Crippen molar-refractivity contribution in [3.8, 4) is 10.6 Å². The molecule has 2 unspecified atom stereocenters. The number of benzene rings is 1. The molecule has 1 aromatic heterocycles. The number of nitrogens with zero attached hydrogens (tertiary/aromatic N) is 1. The lowest BCUT2D eigenvalue weighted by molar-refractivity contribution is -0.142. The molecule has 0 amide bonds. The van der Waals surface area contributed by atoms with Gasteiger partial charge in [-0.2, -0.15) is 13.2 Å². The minimum Gasteiger partial charge on any atom is -0.481 e. The van der Waals surface area contributed by atoms with Gasteiger partial charge in [0.15, 0.2) is 0 Å². The number of alkyl halides is 3. The number of rotatable bonds is 9. The summed E-state index contributed by atoms with van der Waals surface area (Å²) in [5, 5.41) is 23.3. The van der Waals surface area contributed by atoms with Crippen LogP contribution >= 0.6 is 11.3 Å². The second-order valence-electron chi connectivity index (χ2n) is 6.98. The number of carboxylic acid groups (broad SMARTS) is 2. The molecule has 2 aromatic rings. The monoisotopic (exact) mass is 430 g/mol. The van der Waals surface area contributed by atoms with Crippen molar-refractivity contribution in [2.24, 2.45) is 5.92 Å². The van der Waals surface area contributed by atoms with E-state index in [1.54, 1.807) is 0 Å². The summed E-state index contributed by atoms with van der Waals surface area (Å²) in [4.78, 5) is 27.2. The van der Waals surface area contributed by atoms with E-state index in [1.807, 2.05) is 13.8 Å². The quantitative estimate of drug-likeness (QED) is 0.554. The molecule has 2 atom stereocenters. The molecule has 0 spiro atoms. The zero-order valence-corrected chi connectivity index (χ0v) is 16.5. The summed E-state index contributed by atoms with van der Waals surface area (Å²) in [6.07, 6.45) is -4.17. The molecular formula is C19H21F3N2O4S. The summed E-state index contributed by atoms with van der Waals surface area (Å²) in [6.45, 7) is 3.55. The number of halogens is 3. The summed E-state index contributed by atoms with van der Waals surface area (Å²) >= 11 is 1.03. The first kappa shape index (κ1) is 22.8. The highest BCUT2D eigenvalue weighted by Crippen LogP contribution is 2.33. The van der Waals surface area contributed by atoms with Crippen molar-refractivity contribution >= 4 is 23.3 Å². The summed E-state index contributed by atoms with van der Waals surface area (Å²) < 4.78 is 38.7. The van der Waals surface area contributed by atoms with Crippen LogP contribution in [-0.2, 0) is 15.8 Å². The Hall–Kier alpha value is -2.46. The molecule has 1 heterocycles. The Labute approximate surface area is 169 Å². The van der Waals surface area contributed by atoms with E-state index in [0.717, 1.165) is 23.5 Å². The van der Waals surface area contributed by atoms with Gasteiger partial charge < -0.3 is 15.5 Å². The fraction of sp³-hybridized carbons (Fsp3) is 0.421. The second-order valence-corrected chi connectivity index (χ2v) is 7.83. The first-order valence-electron chi connectivity index (χ1n) is 8.81. The highest BCUT2D eigenvalue weighted by Gasteiger charge is 2.31. The molecular weight excluding hydrogens is 409 g/mol. The van der Waals surface area contributed by atoms with Gasteiger partial charge in [-0.15, -0.1) is 11.3 Å². The molecule has 1 aromatic carbocycles. The third kappa shape index (κ3) is 6.26. The van der Waals surface area contributed by atoms with Gasteiger partial charge in [-0.25, -0.2) is 4.98 Å². The van der Waals surface area contributed by atoms with Gasteiger partial charge in [-0.05, 0) is 24.5 Å². The average Bonchev–Trinajstić information content (AvgIpc) is 3.09. The maximum atomic E-state index is 12.9. The number of aliphatic carboxylic acids is 2. The van der Waals surface area contributed by atoms with Crippen LogP contribution in [0.2, 0.25) is 0 Å². The molecule has 10 heteroatoms. The van der Waals surface area contributed by atoms with Gasteiger partial charge in [0.2, 0.25) is 0 Å². The van der Waals surface area contributed by atoms with E-state index in [-0.39, 0.29) is 28.7 Å². The number of carboxylic acids is 2. The lowest BCUT2D eigenvalue weighted by Crippen LogP contribution is -2.41. The van der Waals surface area contributed by atoms with Crippen molar-refractivity contribution in [2.45, 2.75) is 38.4 Å². The van der Waals surface area contributed by atoms with Crippen LogP contribution < -0.4 is 5.32 Å². The van der Waals surface area contributed by atoms with Gasteiger partial charge >= 0.3 is 18.1 Å². The van der Waals surface area contributed by atoms with E-state index in [1.165, 1.54) is 17.5 Å². The largest absolute Gasteiger partial charge is 0.481 e. The Morgan fingerprint density at radius 3 is 2.45 bits per heavy atom. The van der Waals surface area contributed by atoms with Crippen LogP contribution in [0.3, 0.4) is 0 Å². The smallest absolute Gasteiger partial charge is 0.416 e. The summed E-state index contributed by atoms with van der Waals surface area (Å²) in [5.74, 6) is -3.31. The number of thiazole rings is 1. The standard InChI is InChI=1S/C19H21F3N2O4S/c1-10(2)6-14(18(27)28)23-8-13(17(25)26)15-9-29-16(24-15)11-4-3-5-12(7-11)19(20,21)22/h3-5,7,9-10,13-14,23H,6,8H2,1-2H3,(H,25,26)(H,27,28). The van der Waals surface area contributed by atoms with E-state index in [0.29, 0.717) is 6.42 Å². The fourth-order valence-electron chi connectivity index (χ4n) is 2.73. The minimum atomic E-state index is -4.49. The molecule has 2 rings (SSSR count). The molecule has 6 nitrogen and oxygen atoms in total. The van der Waals surface area contributed by atoms with Crippen LogP contribution in [0.5, 0.6) is 0 Å². The van der Waals surface area contributed by atoms with Gasteiger partial charge in [0.1, 0.15) is 17.0 Å². The van der Waals surface area contributed by atoms with Crippen LogP contribution in [0.1, 0.15) is 37.4 Å².